The molecule has 0 radical (unpaired) electrons. The molecule has 1 saturated carbocycles. The largest absolute Gasteiger partial charge is 0.478 e. The molecular formula is C32H32FN5O4. The van der Waals surface area contributed by atoms with Gasteiger partial charge in [-0.2, -0.15) is 5.26 Å². The summed E-state index contributed by atoms with van der Waals surface area (Å²) in [6.07, 6.45) is 4.27. The highest BCUT2D eigenvalue weighted by Gasteiger charge is 2.45. The molecule has 2 aromatic heterocycles. The summed E-state index contributed by atoms with van der Waals surface area (Å²) in [7, 11) is 0. The van der Waals surface area contributed by atoms with Gasteiger partial charge in [0.25, 0.3) is 0 Å². The molecule has 42 heavy (non-hydrogen) atoms. The Hall–Kier alpha value is -4.33. The van der Waals surface area contributed by atoms with E-state index in [1.165, 1.54) is 31.6 Å². The average molecular weight is 570 g/mol. The monoisotopic (exact) mass is 569 g/mol. The summed E-state index contributed by atoms with van der Waals surface area (Å²) in [4.78, 5) is 22.8. The first kappa shape index (κ1) is 27.8. The molecule has 4 heterocycles. The Morgan fingerprint density at radius 2 is 2.02 bits per heavy atom. The average Bonchev–Trinajstić information content (AvgIpc) is 3.42. The first-order chi connectivity index (χ1) is 20.4. The first-order valence-electron chi connectivity index (χ1n) is 14.2. The van der Waals surface area contributed by atoms with E-state index in [1.54, 1.807) is 42.6 Å². The number of rotatable bonds is 8. The third-order valence-corrected chi connectivity index (χ3v) is 8.17. The van der Waals surface area contributed by atoms with E-state index in [2.05, 4.69) is 14.5 Å². The van der Waals surface area contributed by atoms with Crippen molar-refractivity contribution in [2.75, 3.05) is 19.7 Å². The van der Waals surface area contributed by atoms with Gasteiger partial charge in [0.1, 0.15) is 18.2 Å². The Balaban J connectivity index is 0.000000163. The Kier molecular flexibility index (Phi) is 7.87. The second-order valence-corrected chi connectivity index (χ2v) is 11.2. The molecule has 216 valence electrons. The molecule has 0 amide bonds. The van der Waals surface area contributed by atoms with Crippen LogP contribution in [0.4, 0.5) is 4.39 Å². The third-order valence-electron chi connectivity index (χ3n) is 8.17. The highest BCUT2D eigenvalue weighted by molar-refractivity contribution is 5.94. The van der Waals surface area contributed by atoms with Crippen LogP contribution in [0.15, 0.2) is 54.7 Å². The summed E-state index contributed by atoms with van der Waals surface area (Å²) in [5.74, 6) is 1.94. The minimum absolute atomic E-state index is 0.0918. The number of carboxylic acids is 1. The van der Waals surface area contributed by atoms with E-state index in [0.29, 0.717) is 22.6 Å². The number of ether oxygens (including phenoxy) is 2. The lowest BCUT2D eigenvalue weighted by Crippen LogP contribution is -2.32. The molecule has 7 rings (SSSR count). The first-order valence-corrected chi connectivity index (χ1v) is 14.2. The van der Waals surface area contributed by atoms with Crippen LogP contribution >= 0.6 is 0 Å². The number of carboxylic acid groups (broad SMARTS) is 1. The molecule has 3 atom stereocenters. The molecule has 2 aromatic carbocycles. The summed E-state index contributed by atoms with van der Waals surface area (Å²) in [5.41, 5.74) is 3.79. The van der Waals surface area contributed by atoms with Crippen molar-refractivity contribution in [2.24, 2.45) is 11.8 Å². The molecule has 1 N–H and O–H groups in total. The number of aromatic carboxylic acids is 1. The molecule has 2 aliphatic heterocycles. The minimum atomic E-state index is -0.890. The van der Waals surface area contributed by atoms with Crippen molar-refractivity contribution >= 4 is 17.0 Å². The highest BCUT2D eigenvalue weighted by atomic mass is 19.1. The molecule has 1 aliphatic carbocycles. The number of fused-ring (bicyclic) bond motifs is 2. The molecule has 10 heteroatoms. The van der Waals surface area contributed by atoms with Gasteiger partial charge in [-0.3, -0.25) is 4.90 Å². The standard InChI is InChI=1S/C19H23N3O3.C13H9FN2O/c1-11-4-12(19(23)24)6-16-18(11)20-17(22(16)9-15-2-3-25-15)10-21-7-13-5-14(13)8-21;14-12-7-10(8-15)4-5-11(12)9-17-13-3-1-2-6-16-13/h4,6,13-15H,2-3,5,7-10H2,1H3,(H,23,24);1-7H,9H2. The van der Waals surface area contributed by atoms with Gasteiger partial charge in [-0.1, -0.05) is 12.1 Å². The molecule has 2 saturated heterocycles. The fraction of sp³-hybridized carbons (Fsp3) is 0.375. The van der Waals surface area contributed by atoms with E-state index in [9.17, 15) is 14.3 Å². The van der Waals surface area contributed by atoms with Gasteiger partial charge in [0.15, 0.2) is 0 Å². The maximum atomic E-state index is 13.5. The number of piperidine rings is 1. The van der Waals surface area contributed by atoms with Gasteiger partial charge < -0.3 is 19.1 Å². The Morgan fingerprint density at radius 3 is 2.67 bits per heavy atom. The van der Waals surface area contributed by atoms with Crippen LogP contribution in [0.1, 0.15) is 45.7 Å². The maximum absolute atomic E-state index is 13.5. The summed E-state index contributed by atoms with van der Waals surface area (Å²) in [6.45, 7) is 6.81. The van der Waals surface area contributed by atoms with Crippen molar-refractivity contribution in [1.82, 2.24) is 19.4 Å². The van der Waals surface area contributed by atoms with Gasteiger partial charge >= 0.3 is 5.97 Å². The predicted octanol–water partition coefficient (Wildman–Crippen LogP) is 4.95. The van der Waals surface area contributed by atoms with Crippen LogP contribution in [-0.2, 0) is 24.4 Å². The van der Waals surface area contributed by atoms with Crippen LogP contribution in [0.2, 0.25) is 0 Å². The van der Waals surface area contributed by atoms with Crippen molar-refractivity contribution < 1.29 is 23.8 Å². The van der Waals surface area contributed by atoms with E-state index in [4.69, 9.17) is 19.7 Å². The van der Waals surface area contributed by atoms with E-state index in [0.717, 1.165) is 60.4 Å². The smallest absolute Gasteiger partial charge is 0.335 e. The fourth-order valence-corrected chi connectivity index (χ4v) is 5.66. The van der Waals surface area contributed by atoms with Crippen LogP contribution in [0.25, 0.3) is 11.0 Å². The number of hydrogen-bond acceptors (Lipinski definition) is 7. The van der Waals surface area contributed by atoms with E-state index in [1.807, 2.05) is 13.0 Å². The third kappa shape index (κ3) is 6.12. The molecule has 3 aliphatic rings. The zero-order valence-corrected chi connectivity index (χ0v) is 23.4. The van der Waals surface area contributed by atoms with Gasteiger partial charge in [-0.25, -0.2) is 19.2 Å². The summed E-state index contributed by atoms with van der Waals surface area (Å²) >= 11 is 0. The van der Waals surface area contributed by atoms with Crippen LogP contribution < -0.4 is 4.74 Å². The van der Waals surface area contributed by atoms with Gasteiger partial charge in [0.2, 0.25) is 5.88 Å². The number of nitriles is 1. The molecule has 0 bridgehead atoms. The number of carbonyl (C=O) groups is 1. The number of likely N-dealkylation sites (tertiary alicyclic amines) is 1. The summed E-state index contributed by atoms with van der Waals surface area (Å²) < 4.78 is 26.6. The summed E-state index contributed by atoms with van der Waals surface area (Å²) in [6, 6.07) is 14.9. The van der Waals surface area contributed by atoms with Crippen LogP contribution in [-0.4, -0.2) is 56.3 Å². The number of nitrogens with zero attached hydrogens (tertiary/aromatic N) is 5. The minimum Gasteiger partial charge on any atom is -0.478 e. The number of halogens is 1. The second kappa shape index (κ2) is 11.9. The fourth-order valence-electron chi connectivity index (χ4n) is 5.66. The van der Waals surface area contributed by atoms with E-state index >= 15 is 0 Å². The van der Waals surface area contributed by atoms with Gasteiger partial charge in [-0.15, -0.1) is 0 Å². The van der Waals surface area contributed by atoms with Crippen LogP contribution in [0, 0.1) is 35.9 Å². The Labute approximate surface area is 243 Å². The molecule has 3 fully saturated rings. The maximum Gasteiger partial charge on any atom is 0.335 e. The SMILES string of the molecule is Cc1cc(C(=O)O)cc2c1nc(CN1CC3CC3C1)n2CC1CCO1.N#Cc1ccc(COc2ccccn2)c(F)c1. The molecule has 3 unspecified atom stereocenters. The Bertz CT molecular complexity index is 1640. The van der Waals surface area contributed by atoms with Crippen molar-refractivity contribution in [2.45, 2.75) is 45.6 Å². The van der Waals surface area contributed by atoms with E-state index < -0.39 is 11.8 Å². The van der Waals surface area contributed by atoms with E-state index in [-0.39, 0.29) is 12.7 Å². The lowest BCUT2D eigenvalue weighted by atomic mass is 10.1. The number of aromatic nitrogens is 3. The Morgan fingerprint density at radius 1 is 1.21 bits per heavy atom. The quantitative estimate of drug-likeness (QED) is 0.317. The number of pyridine rings is 1. The number of hydrogen-bond donors (Lipinski definition) is 1. The second-order valence-electron chi connectivity index (χ2n) is 11.2. The molecular weight excluding hydrogens is 537 g/mol. The number of imidazole rings is 1. The highest BCUT2D eigenvalue weighted by Crippen LogP contribution is 2.45. The van der Waals surface area contributed by atoms with Gasteiger partial charge in [-0.05, 0) is 67.5 Å². The summed E-state index contributed by atoms with van der Waals surface area (Å²) in [5, 5.41) is 18.0. The topological polar surface area (TPSA) is 114 Å². The van der Waals surface area contributed by atoms with Gasteiger partial charge in [0.05, 0.1) is 47.4 Å². The van der Waals surface area contributed by atoms with Crippen LogP contribution in [0.5, 0.6) is 5.88 Å². The molecule has 4 aromatic rings. The van der Waals surface area contributed by atoms with Crippen molar-refractivity contribution in [1.29, 1.82) is 5.26 Å². The molecule has 9 nitrogen and oxygen atoms in total. The van der Waals surface area contributed by atoms with Crippen LogP contribution in [0.3, 0.4) is 0 Å². The van der Waals surface area contributed by atoms with Crippen molar-refractivity contribution in [3.8, 4) is 11.9 Å². The normalized spacial score (nSPS) is 20.6. The lowest BCUT2D eigenvalue weighted by Gasteiger charge is -2.28. The number of aryl methyl sites for hydroxylation is 1. The predicted molar refractivity (Wildman–Crippen MR) is 152 cm³/mol. The zero-order chi connectivity index (χ0) is 29.2. The number of benzene rings is 2. The molecule has 0 spiro atoms. The van der Waals surface area contributed by atoms with Gasteiger partial charge in [0, 0.05) is 37.5 Å². The lowest BCUT2D eigenvalue weighted by molar-refractivity contribution is -0.0591. The van der Waals surface area contributed by atoms with Crippen molar-refractivity contribution in [3.63, 3.8) is 0 Å². The van der Waals surface area contributed by atoms with Crippen molar-refractivity contribution in [3.05, 3.63) is 88.6 Å². The zero-order valence-electron chi connectivity index (χ0n) is 23.4.